The first-order valence-electron chi connectivity index (χ1n) is 23.6. The number of anilines is 5. The van der Waals surface area contributed by atoms with E-state index in [-0.39, 0.29) is 18.1 Å². The summed E-state index contributed by atoms with van der Waals surface area (Å²) in [6.45, 7) is 28.0. The summed E-state index contributed by atoms with van der Waals surface area (Å²) in [4.78, 5) is 54.0. The van der Waals surface area contributed by atoms with Crippen LogP contribution in [0.25, 0.3) is 16.7 Å². The number of nitrogens with zero attached hydrogens (tertiary/aromatic N) is 6. The van der Waals surface area contributed by atoms with E-state index in [2.05, 4.69) is 82.8 Å². The van der Waals surface area contributed by atoms with Crippen LogP contribution in [0.2, 0.25) is 0 Å². The van der Waals surface area contributed by atoms with Gasteiger partial charge in [-0.05, 0) is 147 Å². The average Bonchev–Trinajstić information content (AvgIpc) is 3.67. The number of fused-ring (bicyclic) bond motifs is 4. The zero-order chi connectivity index (χ0) is 47.5. The van der Waals surface area contributed by atoms with Crippen LogP contribution in [0, 0.1) is 0 Å². The van der Waals surface area contributed by atoms with E-state index in [0.29, 0.717) is 39.3 Å². The van der Waals surface area contributed by atoms with Crippen LogP contribution in [-0.4, -0.2) is 62.3 Å². The number of rotatable bonds is 13. The Balaban J connectivity index is 1.17. The highest BCUT2D eigenvalue weighted by molar-refractivity contribution is 6.06. The summed E-state index contributed by atoms with van der Waals surface area (Å²) in [5.74, 6) is 0. The van der Waals surface area contributed by atoms with Crippen molar-refractivity contribution in [3.05, 3.63) is 168 Å². The highest BCUT2D eigenvalue weighted by Gasteiger charge is 2.41. The van der Waals surface area contributed by atoms with Crippen molar-refractivity contribution in [1.82, 2.24) is 4.90 Å². The van der Waals surface area contributed by atoms with Crippen molar-refractivity contribution in [3.63, 3.8) is 0 Å². The molecule has 0 aromatic heterocycles. The Morgan fingerprint density at radius 2 is 0.818 bits per heavy atom. The number of para-hydroxylation sites is 2. The van der Waals surface area contributed by atoms with E-state index in [0.717, 1.165) is 73.0 Å². The summed E-state index contributed by atoms with van der Waals surface area (Å²) in [7, 11) is 0. The zero-order valence-corrected chi connectivity index (χ0v) is 40.6. The lowest BCUT2D eigenvalue weighted by Gasteiger charge is -2.32. The van der Waals surface area contributed by atoms with Crippen molar-refractivity contribution >= 4 is 52.1 Å². The maximum absolute atomic E-state index is 14.9. The fraction of sp³-hybridized carbons (Fsp3) is 0.316. The third-order valence-electron chi connectivity index (χ3n) is 13.5. The lowest BCUT2D eigenvalue weighted by molar-refractivity contribution is 0.223. The SMILES string of the molecule is C=CC=C1/C(=C\N(CC)C(=O)N(CC)c2ccccc2)C(C)(C)c2cc(N(CC)C(=O)N(CC)c3ccc4c(c3)C(C)(C)c3cc(N(CC)C(=O)N(CC)c5ccccc5)ccc3-4)ccc21. The molecule has 0 saturated carbocycles. The summed E-state index contributed by atoms with van der Waals surface area (Å²) >= 11 is 0. The fourth-order valence-electron chi connectivity index (χ4n) is 9.90. The van der Waals surface area contributed by atoms with Crippen LogP contribution < -0.4 is 24.5 Å². The standard InChI is InChI=1S/C57H66N6O3/c1-12-25-45-46-33-30-44(38-51(46)57(10,11)52(45)39-58(13-2)53(64)59(14-3)40-26-21-19-22-27-40)63(18-7)55(66)62(17-6)43-32-35-48-47-34-31-42(36-49(47)56(8,9)50(48)37-43)61(16-5)54(65)60(15-4)41-28-23-20-24-29-41/h12,19-39H,1,13-18H2,2-11H3/b45-25?,52-39+. The monoisotopic (exact) mass is 883 g/mol. The summed E-state index contributed by atoms with van der Waals surface area (Å²) in [6.07, 6.45) is 5.82. The highest BCUT2D eigenvalue weighted by atomic mass is 16.2. The average molecular weight is 883 g/mol. The van der Waals surface area contributed by atoms with E-state index in [4.69, 9.17) is 0 Å². The van der Waals surface area contributed by atoms with E-state index in [9.17, 15) is 14.4 Å². The van der Waals surface area contributed by atoms with Gasteiger partial charge in [-0.3, -0.25) is 24.5 Å². The molecule has 0 fully saturated rings. The van der Waals surface area contributed by atoms with Gasteiger partial charge in [0, 0.05) is 84.7 Å². The molecule has 0 heterocycles. The van der Waals surface area contributed by atoms with Gasteiger partial charge >= 0.3 is 18.1 Å². The molecule has 9 heteroatoms. The van der Waals surface area contributed by atoms with Crippen LogP contribution in [0.15, 0.2) is 146 Å². The second kappa shape index (κ2) is 19.3. The van der Waals surface area contributed by atoms with Gasteiger partial charge in [-0.25, -0.2) is 14.4 Å². The number of carbonyl (C=O) groups excluding carboxylic acids is 3. The predicted molar refractivity (Wildman–Crippen MR) is 276 cm³/mol. The molecule has 0 saturated heterocycles. The lowest BCUT2D eigenvalue weighted by Crippen LogP contribution is -2.43. The van der Waals surface area contributed by atoms with Crippen molar-refractivity contribution in [2.75, 3.05) is 63.8 Å². The molecule has 0 spiro atoms. The first-order chi connectivity index (χ1) is 31.7. The third kappa shape index (κ3) is 8.31. The molecule has 2 aliphatic carbocycles. The molecule has 0 bridgehead atoms. The maximum atomic E-state index is 14.9. The summed E-state index contributed by atoms with van der Waals surface area (Å²) in [5, 5.41) is 0. The molecule has 9 nitrogen and oxygen atoms in total. The molecule has 0 unspecified atom stereocenters. The summed E-state index contributed by atoms with van der Waals surface area (Å²) in [5.41, 5.74) is 12.0. The zero-order valence-electron chi connectivity index (χ0n) is 40.6. The van der Waals surface area contributed by atoms with Crippen molar-refractivity contribution in [1.29, 1.82) is 0 Å². The van der Waals surface area contributed by atoms with Gasteiger partial charge < -0.3 is 4.90 Å². The number of hydrogen-bond acceptors (Lipinski definition) is 3. The molecule has 66 heavy (non-hydrogen) atoms. The van der Waals surface area contributed by atoms with Crippen LogP contribution in [-0.2, 0) is 10.8 Å². The normalized spacial score (nSPS) is 15.1. The van der Waals surface area contributed by atoms with Gasteiger partial charge in [-0.15, -0.1) is 0 Å². The number of amides is 6. The minimum Gasteiger partial charge on any atom is -0.301 e. The van der Waals surface area contributed by atoms with Crippen molar-refractivity contribution in [2.45, 2.75) is 80.1 Å². The van der Waals surface area contributed by atoms with Gasteiger partial charge in [0.25, 0.3) is 0 Å². The molecule has 7 rings (SSSR count). The molecule has 0 radical (unpaired) electrons. The minimum atomic E-state index is -0.496. The Bertz CT molecular complexity index is 2680. The molecule has 5 aromatic rings. The lowest BCUT2D eigenvalue weighted by atomic mass is 9.82. The Morgan fingerprint density at radius 1 is 0.455 bits per heavy atom. The first kappa shape index (κ1) is 47.1. The summed E-state index contributed by atoms with van der Waals surface area (Å²) in [6, 6.07) is 38.3. The summed E-state index contributed by atoms with van der Waals surface area (Å²) < 4.78 is 0. The number of benzene rings is 5. The Kier molecular flexibility index (Phi) is 13.8. The molecule has 0 N–H and O–H groups in total. The molecule has 6 amide bonds. The third-order valence-corrected chi connectivity index (χ3v) is 13.5. The Labute approximate surface area is 392 Å². The molecular formula is C57H66N6O3. The van der Waals surface area contributed by atoms with E-state index in [1.165, 1.54) is 0 Å². The topological polar surface area (TPSA) is 70.7 Å². The first-order valence-corrected chi connectivity index (χ1v) is 23.6. The van der Waals surface area contributed by atoms with E-state index in [1.54, 1.807) is 15.9 Å². The molecular weight excluding hydrogens is 817 g/mol. The van der Waals surface area contributed by atoms with Gasteiger partial charge in [0.1, 0.15) is 0 Å². The van der Waals surface area contributed by atoms with E-state index in [1.807, 2.05) is 140 Å². The van der Waals surface area contributed by atoms with E-state index < -0.39 is 10.8 Å². The van der Waals surface area contributed by atoms with Gasteiger partial charge in [0.05, 0.1) is 0 Å². The molecule has 0 atom stereocenters. The molecule has 2 aliphatic rings. The molecule has 0 aliphatic heterocycles. The number of carbonyl (C=O) groups is 3. The van der Waals surface area contributed by atoms with Crippen LogP contribution >= 0.6 is 0 Å². The Morgan fingerprint density at radius 3 is 1.20 bits per heavy atom. The fourth-order valence-corrected chi connectivity index (χ4v) is 9.90. The highest BCUT2D eigenvalue weighted by Crippen LogP contribution is 2.52. The van der Waals surface area contributed by atoms with Crippen molar-refractivity contribution in [2.24, 2.45) is 0 Å². The second-order valence-electron chi connectivity index (χ2n) is 17.8. The predicted octanol–water partition coefficient (Wildman–Crippen LogP) is 13.7. The van der Waals surface area contributed by atoms with Crippen molar-refractivity contribution < 1.29 is 14.4 Å². The largest absolute Gasteiger partial charge is 0.328 e. The van der Waals surface area contributed by atoms with Gasteiger partial charge in [-0.1, -0.05) is 101 Å². The van der Waals surface area contributed by atoms with Crippen LogP contribution in [0.5, 0.6) is 0 Å². The van der Waals surface area contributed by atoms with Crippen LogP contribution in [0.1, 0.15) is 91.5 Å². The number of hydrogen-bond donors (Lipinski definition) is 0. The molecule has 5 aromatic carbocycles. The smallest absolute Gasteiger partial charge is 0.301 e. The van der Waals surface area contributed by atoms with Gasteiger partial charge in [0.15, 0.2) is 0 Å². The number of urea groups is 3. The van der Waals surface area contributed by atoms with Gasteiger partial charge in [0.2, 0.25) is 0 Å². The van der Waals surface area contributed by atoms with Crippen LogP contribution in [0.3, 0.4) is 0 Å². The van der Waals surface area contributed by atoms with Crippen molar-refractivity contribution in [3.8, 4) is 11.1 Å². The van der Waals surface area contributed by atoms with E-state index >= 15 is 0 Å². The Hall–Kier alpha value is -6.87. The quantitative estimate of drug-likeness (QED) is 0.118. The maximum Gasteiger partial charge on any atom is 0.328 e. The molecule has 342 valence electrons. The second-order valence-corrected chi connectivity index (χ2v) is 17.8. The number of allylic oxidation sites excluding steroid dienone is 4. The van der Waals surface area contributed by atoms with Crippen LogP contribution in [0.4, 0.5) is 42.8 Å². The van der Waals surface area contributed by atoms with Gasteiger partial charge in [-0.2, -0.15) is 0 Å². The minimum absolute atomic E-state index is 0.0607.